The molecule has 0 bridgehead atoms. The van der Waals surface area contributed by atoms with Gasteiger partial charge in [0.1, 0.15) is 17.0 Å². The fourth-order valence-corrected chi connectivity index (χ4v) is 5.59. The Hall–Kier alpha value is -3.24. The van der Waals surface area contributed by atoms with Crippen LogP contribution < -0.4 is 10.1 Å². The second-order valence-electron chi connectivity index (χ2n) is 7.91. The van der Waals surface area contributed by atoms with Crippen molar-refractivity contribution in [3.05, 3.63) is 41.3 Å². The molecule has 0 aromatic carbocycles. The quantitative estimate of drug-likeness (QED) is 0.463. The van der Waals surface area contributed by atoms with Crippen LogP contribution >= 0.6 is 11.3 Å². The summed E-state index contributed by atoms with van der Waals surface area (Å²) in [6.07, 6.45) is 7.39. The highest BCUT2D eigenvalue weighted by Crippen LogP contribution is 2.41. The van der Waals surface area contributed by atoms with Crippen molar-refractivity contribution < 1.29 is 14.6 Å². The van der Waals surface area contributed by atoms with Crippen LogP contribution in [0.2, 0.25) is 0 Å². The van der Waals surface area contributed by atoms with Gasteiger partial charge in [-0.15, -0.1) is 11.3 Å². The van der Waals surface area contributed by atoms with Gasteiger partial charge in [0.15, 0.2) is 5.75 Å². The normalized spacial score (nSPS) is 15.7. The molecule has 1 unspecified atom stereocenters. The molecule has 4 heterocycles. The molecule has 0 spiro atoms. The molecule has 4 aromatic heterocycles. The third-order valence-corrected chi connectivity index (χ3v) is 7.14. The van der Waals surface area contributed by atoms with Gasteiger partial charge in [-0.1, -0.05) is 0 Å². The highest BCUT2D eigenvalue weighted by Gasteiger charge is 2.30. The van der Waals surface area contributed by atoms with E-state index in [0.29, 0.717) is 18.7 Å². The molecule has 1 atom stereocenters. The molecule has 0 saturated carbocycles. The Morgan fingerprint density at radius 3 is 3.12 bits per heavy atom. The molecule has 32 heavy (non-hydrogen) atoms. The summed E-state index contributed by atoms with van der Waals surface area (Å²) >= 11 is 1.63. The van der Waals surface area contributed by atoms with E-state index in [4.69, 9.17) is 9.84 Å². The van der Waals surface area contributed by atoms with Gasteiger partial charge < -0.3 is 20.1 Å². The predicted molar refractivity (Wildman–Crippen MR) is 123 cm³/mol. The first kappa shape index (κ1) is 20.7. The van der Waals surface area contributed by atoms with Crippen molar-refractivity contribution in [2.75, 3.05) is 32.6 Å². The number of carbonyl (C=O) groups is 1. The molecule has 0 radical (unpaired) electrons. The van der Waals surface area contributed by atoms with Crippen LogP contribution in [0.4, 0.5) is 11.5 Å². The van der Waals surface area contributed by atoms with Gasteiger partial charge in [0.05, 0.1) is 36.5 Å². The van der Waals surface area contributed by atoms with E-state index >= 15 is 0 Å². The maximum Gasteiger partial charge on any atom is 0.225 e. The van der Waals surface area contributed by atoms with Crippen LogP contribution in [0.15, 0.2) is 30.9 Å². The number of hydrogen-bond donors (Lipinski definition) is 2. The van der Waals surface area contributed by atoms with Crippen molar-refractivity contribution in [3.8, 4) is 5.75 Å². The minimum absolute atomic E-state index is 0.0255. The van der Waals surface area contributed by atoms with Gasteiger partial charge in [-0.3, -0.25) is 4.79 Å². The number of aromatic nitrogens is 4. The van der Waals surface area contributed by atoms with Crippen molar-refractivity contribution >= 4 is 44.5 Å². The van der Waals surface area contributed by atoms with Gasteiger partial charge >= 0.3 is 0 Å². The highest BCUT2D eigenvalue weighted by atomic mass is 32.1. The summed E-state index contributed by atoms with van der Waals surface area (Å²) in [5.41, 5.74) is 2.96. The SMILES string of the molecule is COc1cn2nccc2cc1Nc1ncnc2sc3c(c12)CCC(C(=O)N(C)CCO)C3. The molecule has 0 aliphatic heterocycles. The summed E-state index contributed by atoms with van der Waals surface area (Å²) in [6, 6.07) is 3.90. The van der Waals surface area contributed by atoms with E-state index in [1.54, 1.807) is 47.4 Å². The molecule has 2 N–H and O–H groups in total. The van der Waals surface area contributed by atoms with E-state index in [2.05, 4.69) is 20.4 Å². The number of hydrogen-bond acceptors (Lipinski definition) is 8. The number of carbonyl (C=O) groups excluding carboxylic acids is 1. The first-order valence-corrected chi connectivity index (χ1v) is 11.3. The number of likely N-dealkylation sites (N-methyl/N-ethyl adjacent to an activating group) is 1. The summed E-state index contributed by atoms with van der Waals surface area (Å²) in [4.78, 5) is 25.5. The number of thiophene rings is 1. The molecule has 9 nitrogen and oxygen atoms in total. The molecule has 1 amide bonds. The number of fused-ring (bicyclic) bond motifs is 4. The number of anilines is 2. The number of nitrogens with one attached hydrogen (secondary N) is 1. The van der Waals surface area contributed by atoms with Crippen molar-refractivity contribution in [1.29, 1.82) is 0 Å². The zero-order chi connectivity index (χ0) is 22.2. The Bertz CT molecular complexity index is 1300. The summed E-state index contributed by atoms with van der Waals surface area (Å²) in [5, 5.41) is 17.9. The maximum atomic E-state index is 12.7. The van der Waals surface area contributed by atoms with E-state index in [9.17, 15) is 4.79 Å². The Labute approximate surface area is 188 Å². The van der Waals surface area contributed by atoms with Crippen LogP contribution in [-0.4, -0.2) is 62.8 Å². The molecule has 0 fully saturated rings. The number of aliphatic hydroxyl groups is 1. The van der Waals surface area contributed by atoms with E-state index in [1.165, 1.54) is 10.4 Å². The number of nitrogens with zero attached hydrogens (tertiary/aromatic N) is 5. The number of rotatable bonds is 6. The fourth-order valence-electron chi connectivity index (χ4n) is 4.32. The second kappa shape index (κ2) is 8.36. The van der Waals surface area contributed by atoms with Gasteiger partial charge in [-0.2, -0.15) is 5.10 Å². The Morgan fingerprint density at radius 1 is 1.44 bits per heavy atom. The topological polar surface area (TPSA) is 105 Å². The maximum absolute atomic E-state index is 12.7. The monoisotopic (exact) mass is 452 g/mol. The van der Waals surface area contributed by atoms with Crippen LogP contribution in [0.5, 0.6) is 5.75 Å². The first-order valence-electron chi connectivity index (χ1n) is 10.5. The van der Waals surface area contributed by atoms with Crippen LogP contribution in [0.1, 0.15) is 16.9 Å². The van der Waals surface area contributed by atoms with Gasteiger partial charge in [-0.05, 0) is 37.0 Å². The number of methoxy groups -OCH3 is 1. The van der Waals surface area contributed by atoms with E-state index < -0.39 is 0 Å². The summed E-state index contributed by atoms with van der Waals surface area (Å²) in [6.45, 7) is 0.333. The zero-order valence-electron chi connectivity index (χ0n) is 17.9. The highest BCUT2D eigenvalue weighted by molar-refractivity contribution is 7.19. The minimum atomic E-state index is -0.0687. The van der Waals surface area contributed by atoms with Crippen molar-refractivity contribution in [2.45, 2.75) is 19.3 Å². The van der Waals surface area contributed by atoms with E-state index in [0.717, 1.165) is 40.1 Å². The van der Waals surface area contributed by atoms with Gasteiger partial charge in [0.2, 0.25) is 5.91 Å². The number of pyridine rings is 1. The molecular formula is C22H24N6O3S. The van der Waals surface area contributed by atoms with Gasteiger partial charge in [-0.25, -0.2) is 14.5 Å². The fraction of sp³-hybridized carbons (Fsp3) is 0.364. The van der Waals surface area contributed by atoms with Crippen LogP contribution in [-0.2, 0) is 17.6 Å². The Kier molecular flexibility index (Phi) is 5.40. The number of ether oxygens (including phenoxy) is 1. The van der Waals surface area contributed by atoms with Crippen LogP contribution in [0.25, 0.3) is 15.7 Å². The largest absolute Gasteiger partial charge is 0.493 e. The standard InChI is InChI=1S/C22H24N6O3S/c1-27(7-8-29)22(30)13-3-4-15-18(9-13)32-21-19(15)20(23-12-24-21)26-16-10-14-5-6-25-28(14)11-17(16)31-2/h5-6,10-13,29H,3-4,7-9H2,1-2H3,(H,23,24,26). The lowest BCUT2D eigenvalue weighted by molar-refractivity contribution is -0.135. The molecule has 0 saturated heterocycles. The van der Waals surface area contributed by atoms with Gasteiger partial charge in [0.25, 0.3) is 0 Å². The number of aliphatic hydroxyl groups excluding tert-OH is 1. The van der Waals surface area contributed by atoms with Crippen molar-refractivity contribution in [1.82, 2.24) is 24.5 Å². The molecule has 1 aliphatic rings. The molecule has 166 valence electrons. The summed E-state index contributed by atoms with van der Waals surface area (Å²) in [5.74, 6) is 1.41. The molecular weight excluding hydrogens is 428 g/mol. The lowest BCUT2D eigenvalue weighted by Gasteiger charge is -2.26. The van der Waals surface area contributed by atoms with Crippen LogP contribution in [0, 0.1) is 5.92 Å². The molecule has 1 aliphatic carbocycles. The summed E-state index contributed by atoms with van der Waals surface area (Å²) < 4.78 is 7.32. The second-order valence-corrected chi connectivity index (χ2v) is 8.99. The molecule has 5 rings (SSSR count). The molecule has 4 aromatic rings. The average Bonchev–Trinajstić information content (AvgIpc) is 3.41. The molecule has 10 heteroatoms. The van der Waals surface area contributed by atoms with E-state index in [-0.39, 0.29) is 18.4 Å². The summed E-state index contributed by atoms with van der Waals surface area (Å²) in [7, 11) is 3.38. The number of aryl methyl sites for hydroxylation is 1. The predicted octanol–water partition coefficient (Wildman–Crippen LogP) is 2.65. The van der Waals surface area contributed by atoms with Crippen molar-refractivity contribution in [2.24, 2.45) is 5.92 Å². The van der Waals surface area contributed by atoms with Crippen LogP contribution in [0.3, 0.4) is 0 Å². The van der Waals surface area contributed by atoms with Gasteiger partial charge in [0, 0.05) is 30.6 Å². The first-order chi connectivity index (χ1) is 15.6. The van der Waals surface area contributed by atoms with Crippen molar-refractivity contribution in [3.63, 3.8) is 0 Å². The lowest BCUT2D eigenvalue weighted by Crippen LogP contribution is -2.37. The number of amides is 1. The van der Waals surface area contributed by atoms with E-state index in [1.807, 2.05) is 18.3 Å². The minimum Gasteiger partial charge on any atom is -0.493 e. The third-order valence-electron chi connectivity index (χ3n) is 5.98. The third kappa shape index (κ3) is 3.55. The average molecular weight is 453 g/mol. The zero-order valence-corrected chi connectivity index (χ0v) is 18.7. The smallest absolute Gasteiger partial charge is 0.225 e. The Morgan fingerprint density at radius 2 is 2.31 bits per heavy atom. The lowest BCUT2D eigenvalue weighted by atomic mass is 9.87. The Balaban J connectivity index is 1.49.